The SMILES string of the molecule is O=C(NO)c1cc(F)c(Cn2nnnc2Cc2ccccn2)c(F)c1.O=C(O)C(F)(F)F. The number of alkyl halides is 3. The van der Waals surface area contributed by atoms with E-state index < -0.39 is 29.7 Å². The highest BCUT2D eigenvalue weighted by molar-refractivity contribution is 5.93. The fourth-order valence-electron chi connectivity index (χ4n) is 2.24. The predicted molar refractivity (Wildman–Crippen MR) is 93.3 cm³/mol. The van der Waals surface area contributed by atoms with Gasteiger partial charge in [0.15, 0.2) is 5.82 Å². The second-order valence-corrected chi connectivity index (χ2v) is 5.91. The Kier molecular flexibility index (Phi) is 7.84. The van der Waals surface area contributed by atoms with Gasteiger partial charge in [0.1, 0.15) is 11.6 Å². The third kappa shape index (κ3) is 6.49. The van der Waals surface area contributed by atoms with Gasteiger partial charge in [0.05, 0.1) is 13.0 Å². The number of aliphatic carboxylic acids is 1. The van der Waals surface area contributed by atoms with Crippen LogP contribution in [0, 0.1) is 11.6 Å². The van der Waals surface area contributed by atoms with Gasteiger partial charge in [-0.2, -0.15) is 13.2 Å². The van der Waals surface area contributed by atoms with Crippen LogP contribution in [0.1, 0.15) is 27.4 Å². The van der Waals surface area contributed by atoms with Crippen molar-refractivity contribution in [3.63, 3.8) is 0 Å². The van der Waals surface area contributed by atoms with Crippen LogP contribution in [0.2, 0.25) is 0 Å². The molecule has 0 saturated carbocycles. The van der Waals surface area contributed by atoms with Crippen molar-refractivity contribution in [3.05, 3.63) is 70.8 Å². The van der Waals surface area contributed by atoms with Crippen LogP contribution in [0.4, 0.5) is 22.0 Å². The van der Waals surface area contributed by atoms with Crippen LogP contribution < -0.4 is 5.48 Å². The number of rotatable bonds is 5. The molecule has 32 heavy (non-hydrogen) atoms. The fourth-order valence-corrected chi connectivity index (χ4v) is 2.24. The minimum absolute atomic E-state index is 0.256. The highest BCUT2D eigenvalue weighted by atomic mass is 19.4. The van der Waals surface area contributed by atoms with E-state index in [1.54, 1.807) is 24.4 Å². The number of hydrogen-bond donors (Lipinski definition) is 3. The topological polar surface area (TPSA) is 143 Å². The number of pyridine rings is 1. The number of tetrazole rings is 1. The fraction of sp³-hybridized carbons (Fsp3) is 0.176. The Morgan fingerprint density at radius 3 is 2.25 bits per heavy atom. The first-order chi connectivity index (χ1) is 15.0. The monoisotopic (exact) mass is 460 g/mol. The van der Waals surface area contributed by atoms with E-state index in [-0.39, 0.29) is 17.7 Å². The van der Waals surface area contributed by atoms with E-state index >= 15 is 0 Å². The van der Waals surface area contributed by atoms with Gasteiger partial charge in [0, 0.05) is 23.0 Å². The van der Waals surface area contributed by atoms with Gasteiger partial charge in [-0.3, -0.25) is 15.0 Å². The van der Waals surface area contributed by atoms with Crippen LogP contribution in [-0.2, 0) is 17.8 Å². The van der Waals surface area contributed by atoms with Crippen molar-refractivity contribution in [2.45, 2.75) is 19.1 Å². The van der Waals surface area contributed by atoms with Gasteiger partial charge in [0.25, 0.3) is 5.91 Å². The Hall–Kier alpha value is -4.01. The maximum Gasteiger partial charge on any atom is 0.490 e. The number of halogens is 5. The summed E-state index contributed by atoms with van der Waals surface area (Å²) in [4.78, 5) is 24.3. The summed E-state index contributed by atoms with van der Waals surface area (Å²) in [5.74, 6) is -5.28. The average molecular weight is 460 g/mol. The van der Waals surface area contributed by atoms with Crippen LogP contribution >= 0.6 is 0 Å². The number of nitrogens with zero attached hydrogens (tertiary/aromatic N) is 5. The van der Waals surface area contributed by atoms with Crippen molar-refractivity contribution < 1.29 is 41.9 Å². The minimum Gasteiger partial charge on any atom is -0.475 e. The number of carbonyl (C=O) groups is 2. The van der Waals surface area contributed by atoms with Gasteiger partial charge in [0.2, 0.25) is 0 Å². The molecule has 10 nitrogen and oxygen atoms in total. The molecular formula is C17H13F5N6O4. The molecule has 0 unspecified atom stereocenters. The molecular weight excluding hydrogens is 447 g/mol. The molecule has 1 aromatic carbocycles. The van der Waals surface area contributed by atoms with Gasteiger partial charge in [-0.25, -0.2) is 23.7 Å². The van der Waals surface area contributed by atoms with Crippen LogP contribution in [0.3, 0.4) is 0 Å². The third-order valence-corrected chi connectivity index (χ3v) is 3.73. The first-order valence-corrected chi connectivity index (χ1v) is 8.40. The second-order valence-electron chi connectivity index (χ2n) is 5.91. The van der Waals surface area contributed by atoms with E-state index in [4.69, 9.17) is 15.1 Å². The second kappa shape index (κ2) is 10.3. The molecule has 0 bridgehead atoms. The van der Waals surface area contributed by atoms with E-state index in [0.29, 0.717) is 17.9 Å². The Morgan fingerprint density at radius 2 is 1.75 bits per heavy atom. The molecule has 0 aliphatic carbocycles. The molecule has 0 aliphatic rings. The Morgan fingerprint density at radius 1 is 1.12 bits per heavy atom. The van der Waals surface area contributed by atoms with Crippen molar-refractivity contribution in [1.82, 2.24) is 30.7 Å². The molecule has 2 heterocycles. The lowest BCUT2D eigenvalue weighted by Gasteiger charge is -2.09. The zero-order chi connectivity index (χ0) is 23.9. The maximum atomic E-state index is 14.2. The molecule has 3 rings (SSSR count). The molecule has 3 aromatic rings. The Bertz CT molecular complexity index is 1070. The normalized spacial score (nSPS) is 10.8. The molecule has 3 N–H and O–H groups in total. The van der Waals surface area contributed by atoms with Crippen LogP contribution in [0.5, 0.6) is 0 Å². The lowest BCUT2D eigenvalue weighted by atomic mass is 10.1. The standard InChI is InChI=1S/C15H12F2N6O2.C2HF3O2/c16-12-5-9(15(24)20-25)6-13(17)11(12)8-23-14(19-21-22-23)7-10-3-1-2-4-18-10;3-2(4,5)1(6)7/h1-6,25H,7-8H2,(H,20,24);(H,6,7). The summed E-state index contributed by atoms with van der Waals surface area (Å²) in [6, 6.07) is 7.00. The first-order valence-electron chi connectivity index (χ1n) is 8.40. The van der Waals surface area contributed by atoms with Crippen molar-refractivity contribution in [2.24, 2.45) is 0 Å². The number of carboxylic acids is 1. The number of aromatic nitrogens is 5. The first kappa shape index (κ1) is 24.3. The van der Waals surface area contributed by atoms with Crippen LogP contribution in [-0.4, -0.2) is 53.6 Å². The summed E-state index contributed by atoms with van der Waals surface area (Å²) in [5.41, 5.74) is 1.38. The molecule has 170 valence electrons. The molecule has 0 saturated heterocycles. The molecule has 0 radical (unpaired) electrons. The molecule has 0 spiro atoms. The van der Waals surface area contributed by atoms with Gasteiger partial charge >= 0.3 is 12.1 Å². The largest absolute Gasteiger partial charge is 0.490 e. The van der Waals surface area contributed by atoms with Crippen LogP contribution in [0.25, 0.3) is 0 Å². The van der Waals surface area contributed by atoms with E-state index in [2.05, 4.69) is 20.5 Å². The number of benzene rings is 1. The highest BCUT2D eigenvalue weighted by Crippen LogP contribution is 2.17. The number of hydrogen-bond acceptors (Lipinski definition) is 7. The van der Waals surface area contributed by atoms with Crippen molar-refractivity contribution in [3.8, 4) is 0 Å². The summed E-state index contributed by atoms with van der Waals surface area (Å²) in [6.45, 7) is -0.256. The molecule has 15 heteroatoms. The highest BCUT2D eigenvalue weighted by Gasteiger charge is 2.38. The van der Waals surface area contributed by atoms with Crippen molar-refractivity contribution >= 4 is 11.9 Å². The number of hydroxylamine groups is 1. The zero-order valence-electron chi connectivity index (χ0n) is 15.7. The summed E-state index contributed by atoms with van der Waals surface area (Å²) in [5, 5.41) is 26.8. The van der Waals surface area contributed by atoms with E-state index in [1.165, 1.54) is 10.2 Å². The number of carboxylic acid groups (broad SMARTS) is 1. The van der Waals surface area contributed by atoms with E-state index in [0.717, 1.165) is 12.1 Å². The van der Waals surface area contributed by atoms with E-state index in [1.807, 2.05) is 0 Å². The van der Waals surface area contributed by atoms with Gasteiger partial charge in [-0.15, -0.1) is 5.10 Å². The average Bonchev–Trinajstić information content (AvgIpc) is 3.17. The third-order valence-electron chi connectivity index (χ3n) is 3.73. The summed E-state index contributed by atoms with van der Waals surface area (Å²) >= 11 is 0. The lowest BCUT2D eigenvalue weighted by Crippen LogP contribution is -2.21. The smallest absolute Gasteiger partial charge is 0.475 e. The number of nitrogens with one attached hydrogen (secondary N) is 1. The van der Waals surface area contributed by atoms with Crippen molar-refractivity contribution in [2.75, 3.05) is 0 Å². The maximum absolute atomic E-state index is 14.2. The van der Waals surface area contributed by atoms with E-state index in [9.17, 15) is 26.7 Å². The van der Waals surface area contributed by atoms with Crippen molar-refractivity contribution in [1.29, 1.82) is 0 Å². The molecule has 0 atom stereocenters. The zero-order valence-corrected chi connectivity index (χ0v) is 15.7. The molecule has 1 amide bonds. The summed E-state index contributed by atoms with van der Waals surface area (Å²) in [7, 11) is 0. The summed E-state index contributed by atoms with van der Waals surface area (Å²) < 4.78 is 61.3. The van der Waals surface area contributed by atoms with Crippen LogP contribution in [0.15, 0.2) is 36.5 Å². The van der Waals surface area contributed by atoms with Gasteiger partial charge in [-0.05, 0) is 34.7 Å². The Labute approximate surface area is 175 Å². The number of amides is 1. The molecule has 0 fully saturated rings. The lowest BCUT2D eigenvalue weighted by molar-refractivity contribution is -0.192. The molecule has 0 aliphatic heterocycles. The molecule has 2 aromatic heterocycles. The Balaban J connectivity index is 0.000000451. The quantitative estimate of drug-likeness (QED) is 0.297. The van der Waals surface area contributed by atoms with Gasteiger partial charge < -0.3 is 5.11 Å². The number of carbonyl (C=O) groups excluding carboxylic acids is 1. The summed E-state index contributed by atoms with van der Waals surface area (Å²) in [6.07, 6.45) is -3.17. The van der Waals surface area contributed by atoms with Gasteiger partial charge in [-0.1, -0.05) is 6.07 Å². The predicted octanol–water partition coefficient (Wildman–Crippen LogP) is 1.74. The minimum atomic E-state index is -5.08.